The molecular formula is C12H21NO3. The molecule has 4 heteroatoms. The van der Waals surface area contributed by atoms with Gasteiger partial charge in [-0.3, -0.25) is 4.90 Å². The zero-order valence-electron chi connectivity index (χ0n) is 9.66. The quantitative estimate of drug-likeness (QED) is 0.587. The Kier molecular flexibility index (Phi) is 5.15. The molecule has 1 rings (SSSR count). The molecule has 4 atom stereocenters. The fraction of sp³-hybridized carbons (Fsp3) is 0.667. The molecule has 0 bridgehead atoms. The maximum absolute atomic E-state index is 9.88. The predicted octanol–water partition coefficient (Wildman–Crippen LogP) is -0.0945. The van der Waals surface area contributed by atoms with E-state index in [0.717, 1.165) is 13.0 Å². The Hall–Kier alpha value is -0.680. The lowest BCUT2D eigenvalue weighted by atomic mass is 9.93. The minimum atomic E-state index is -1.07. The van der Waals surface area contributed by atoms with Crippen molar-refractivity contribution in [2.75, 3.05) is 13.1 Å². The van der Waals surface area contributed by atoms with Crippen molar-refractivity contribution in [3.05, 3.63) is 24.8 Å². The second-order valence-electron chi connectivity index (χ2n) is 4.14. The van der Waals surface area contributed by atoms with Crippen LogP contribution in [0.2, 0.25) is 0 Å². The van der Waals surface area contributed by atoms with Crippen LogP contribution in [0.15, 0.2) is 24.8 Å². The number of allylic oxidation sites excluding steroid dienone is 1. The number of aliphatic hydroxyl groups is 3. The van der Waals surface area contributed by atoms with Crippen molar-refractivity contribution in [3.63, 3.8) is 0 Å². The third kappa shape index (κ3) is 2.92. The van der Waals surface area contributed by atoms with Gasteiger partial charge >= 0.3 is 0 Å². The van der Waals surface area contributed by atoms with Crippen molar-refractivity contribution in [1.29, 1.82) is 0 Å². The first-order valence-corrected chi connectivity index (χ1v) is 5.63. The van der Waals surface area contributed by atoms with E-state index < -0.39 is 18.3 Å². The third-order valence-electron chi connectivity index (χ3n) is 2.95. The van der Waals surface area contributed by atoms with Crippen molar-refractivity contribution in [2.45, 2.75) is 37.7 Å². The predicted molar refractivity (Wildman–Crippen MR) is 63.0 cm³/mol. The van der Waals surface area contributed by atoms with Gasteiger partial charge in [0.15, 0.2) is 0 Å². The van der Waals surface area contributed by atoms with E-state index >= 15 is 0 Å². The number of hydrogen-bond acceptors (Lipinski definition) is 4. The standard InChI is InChI=1S/C12H21NO3/c1-3-5-7-13-8-10(14)12(16)11(15)9(13)6-4-2/h3-4,6,9-12,14-16H,1,5,7-8H2,2H3/b6-4+/t9-,10-,11+,12+/m1/s1. The highest BCUT2D eigenvalue weighted by Gasteiger charge is 2.39. The third-order valence-corrected chi connectivity index (χ3v) is 2.95. The van der Waals surface area contributed by atoms with E-state index in [1.807, 2.05) is 24.0 Å². The zero-order valence-corrected chi connectivity index (χ0v) is 9.66. The van der Waals surface area contributed by atoms with E-state index in [1.165, 1.54) is 0 Å². The molecule has 1 aliphatic rings. The van der Waals surface area contributed by atoms with Gasteiger partial charge in [0, 0.05) is 13.1 Å². The summed E-state index contributed by atoms with van der Waals surface area (Å²) in [7, 11) is 0. The Morgan fingerprint density at radius 2 is 2.00 bits per heavy atom. The minimum absolute atomic E-state index is 0.233. The van der Waals surface area contributed by atoms with E-state index in [-0.39, 0.29) is 6.04 Å². The summed E-state index contributed by atoms with van der Waals surface area (Å²) in [4.78, 5) is 1.96. The fourth-order valence-electron chi connectivity index (χ4n) is 2.05. The Bertz CT molecular complexity index is 255. The molecule has 0 unspecified atom stereocenters. The lowest BCUT2D eigenvalue weighted by Gasteiger charge is -2.42. The second kappa shape index (κ2) is 6.15. The highest BCUT2D eigenvalue weighted by molar-refractivity contribution is 5.04. The molecule has 0 aliphatic carbocycles. The van der Waals surface area contributed by atoms with Crippen LogP contribution < -0.4 is 0 Å². The van der Waals surface area contributed by atoms with Crippen LogP contribution in [0.25, 0.3) is 0 Å². The van der Waals surface area contributed by atoms with Gasteiger partial charge in [0.1, 0.15) is 12.2 Å². The summed E-state index contributed by atoms with van der Waals surface area (Å²) in [5.74, 6) is 0. The molecule has 16 heavy (non-hydrogen) atoms. The molecular weight excluding hydrogens is 206 g/mol. The average Bonchev–Trinajstić information content (AvgIpc) is 2.28. The van der Waals surface area contributed by atoms with Gasteiger partial charge in [-0.15, -0.1) is 6.58 Å². The number of hydrogen-bond donors (Lipinski definition) is 3. The minimum Gasteiger partial charge on any atom is -0.389 e. The fourth-order valence-corrected chi connectivity index (χ4v) is 2.05. The van der Waals surface area contributed by atoms with Gasteiger partial charge in [-0.05, 0) is 13.3 Å². The Labute approximate surface area is 96.5 Å². The van der Waals surface area contributed by atoms with Gasteiger partial charge in [0.05, 0.1) is 12.1 Å². The van der Waals surface area contributed by atoms with Crippen molar-refractivity contribution in [2.24, 2.45) is 0 Å². The van der Waals surface area contributed by atoms with Crippen LogP contribution in [0.3, 0.4) is 0 Å². The first kappa shape index (κ1) is 13.4. The number of nitrogens with zero attached hydrogens (tertiary/aromatic N) is 1. The van der Waals surface area contributed by atoms with Gasteiger partial charge in [-0.25, -0.2) is 0 Å². The van der Waals surface area contributed by atoms with Gasteiger partial charge in [0.25, 0.3) is 0 Å². The van der Waals surface area contributed by atoms with E-state index in [4.69, 9.17) is 0 Å². The molecule has 0 radical (unpaired) electrons. The van der Waals surface area contributed by atoms with E-state index in [1.54, 1.807) is 6.08 Å². The van der Waals surface area contributed by atoms with E-state index in [2.05, 4.69) is 6.58 Å². The van der Waals surface area contributed by atoms with Gasteiger partial charge in [-0.2, -0.15) is 0 Å². The summed E-state index contributed by atoms with van der Waals surface area (Å²) < 4.78 is 0. The zero-order chi connectivity index (χ0) is 12.1. The van der Waals surface area contributed by atoms with Crippen LogP contribution in [-0.4, -0.2) is 57.7 Å². The Morgan fingerprint density at radius 3 is 2.56 bits per heavy atom. The van der Waals surface area contributed by atoms with Crippen LogP contribution in [0.4, 0.5) is 0 Å². The normalized spacial score (nSPS) is 36.8. The highest BCUT2D eigenvalue weighted by atomic mass is 16.4. The van der Waals surface area contributed by atoms with Crippen molar-refractivity contribution in [1.82, 2.24) is 4.90 Å². The molecule has 0 saturated carbocycles. The molecule has 1 heterocycles. The number of rotatable bonds is 4. The highest BCUT2D eigenvalue weighted by Crippen LogP contribution is 2.20. The summed E-state index contributed by atoms with van der Waals surface area (Å²) in [6.07, 6.45) is 3.40. The summed E-state index contributed by atoms with van der Waals surface area (Å²) in [5, 5.41) is 29.1. The van der Waals surface area contributed by atoms with Crippen molar-refractivity contribution in [3.8, 4) is 0 Å². The van der Waals surface area contributed by atoms with Crippen LogP contribution in [0.5, 0.6) is 0 Å². The van der Waals surface area contributed by atoms with Crippen molar-refractivity contribution < 1.29 is 15.3 Å². The number of β-amino-alcohol motifs (C(OH)–C–C–N with tert-alkyl or cyclic N) is 1. The smallest absolute Gasteiger partial charge is 0.109 e. The summed E-state index contributed by atoms with van der Waals surface area (Å²) in [5.41, 5.74) is 0. The van der Waals surface area contributed by atoms with Crippen LogP contribution >= 0.6 is 0 Å². The molecule has 3 N–H and O–H groups in total. The number of aliphatic hydroxyl groups excluding tert-OH is 3. The molecule has 1 aliphatic heterocycles. The molecule has 0 aromatic heterocycles. The molecule has 0 spiro atoms. The van der Waals surface area contributed by atoms with Crippen LogP contribution in [-0.2, 0) is 0 Å². The molecule has 0 aromatic carbocycles. The average molecular weight is 227 g/mol. The van der Waals surface area contributed by atoms with Crippen LogP contribution in [0, 0.1) is 0 Å². The largest absolute Gasteiger partial charge is 0.389 e. The Balaban J connectivity index is 2.74. The van der Waals surface area contributed by atoms with E-state index in [0.29, 0.717) is 6.54 Å². The van der Waals surface area contributed by atoms with Crippen molar-refractivity contribution >= 4 is 0 Å². The molecule has 4 nitrogen and oxygen atoms in total. The molecule has 1 fully saturated rings. The molecule has 0 aromatic rings. The first-order chi connectivity index (χ1) is 7.61. The van der Waals surface area contributed by atoms with Gasteiger partial charge in [-0.1, -0.05) is 18.2 Å². The first-order valence-electron chi connectivity index (χ1n) is 5.63. The van der Waals surface area contributed by atoms with Crippen LogP contribution in [0.1, 0.15) is 13.3 Å². The molecule has 92 valence electrons. The summed E-state index contributed by atoms with van der Waals surface area (Å²) >= 11 is 0. The molecule has 1 saturated heterocycles. The maximum atomic E-state index is 9.88. The SMILES string of the molecule is C=CCCN1C[C@@H](O)[C@H](O)[C@@H](O)[C@H]1/C=C/C. The lowest BCUT2D eigenvalue weighted by molar-refractivity contribution is -0.126. The number of piperidine rings is 1. The molecule has 0 amide bonds. The lowest BCUT2D eigenvalue weighted by Crippen LogP contribution is -2.60. The second-order valence-corrected chi connectivity index (χ2v) is 4.14. The topological polar surface area (TPSA) is 63.9 Å². The van der Waals surface area contributed by atoms with Gasteiger partial charge < -0.3 is 15.3 Å². The summed E-state index contributed by atoms with van der Waals surface area (Å²) in [6, 6.07) is -0.233. The monoisotopic (exact) mass is 227 g/mol. The summed E-state index contributed by atoms with van der Waals surface area (Å²) in [6.45, 7) is 6.62. The van der Waals surface area contributed by atoms with Gasteiger partial charge in [0.2, 0.25) is 0 Å². The maximum Gasteiger partial charge on any atom is 0.109 e. The Morgan fingerprint density at radius 1 is 1.31 bits per heavy atom. The van der Waals surface area contributed by atoms with E-state index in [9.17, 15) is 15.3 Å². The number of likely N-dealkylation sites (tertiary alicyclic amines) is 1.